The summed E-state index contributed by atoms with van der Waals surface area (Å²) in [4.78, 5) is 30.3. The van der Waals surface area contributed by atoms with Crippen molar-refractivity contribution >= 4 is 62.4 Å². The molecule has 0 atom stereocenters. The molecule has 4 rings (SSSR count). The second kappa shape index (κ2) is 8.81. The topological polar surface area (TPSA) is 81.4 Å². The summed E-state index contributed by atoms with van der Waals surface area (Å²) in [5.41, 5.74) is 2.59. The van der Waals surface area contributed by atoms with E-state index in [1.165, 1.54) is 34.4 Å². The molecule has 1 amide bonds. The average Bonchev–Trinajstić information content (AvgIpc) is 3.45. The van der Waals surface area contributed by atoms with E-state index in [9.17, 15) is 9.59 Å². The van der Waals surface area contributed by atoms with Gasteiger partial charge in [-0.15, -0.1) is 22.7 Å². The van der Waals surface area contributed by atoms with Crippen LogP contribution in [-0.4, -0.2) is 29.2 Å². The molecule has 0 saturated heterocycles. The maximum Gasteiger partial charge on any atom is 0.341 e. The second-order valence-electron chi connectivity index (χ2n) is 5.84. The van der Waals surface area contributed by atoms with Crippen LogP contribution < -0.4 is 5.32 Å². The molecule has 0 saturated carbocycles. The van der Waals surface area contributed by atoms with Gasteiger partial charge in [0, 0.05) is 15.8 Å². The van der Waals surface area contributed by atoms with Gasteiger partial charge >= 0.3 is 5.97 Å². The molecule has 1 N–H and O–H groups in total. The summed E-state index contributed by atoms with van der Waals surface area (Å²) in [6.07, 6.45) is 0. The molecule has 0 unspecified atom stereocenters. The number of fused-ring (bicyclic) bond motifs is 1. The molecular weight excluding hydrogens is 428 g/mol. The smallest absolute Gasteiger partial charge is 0.341 e. The molecule has 1 aromatic carbocycles. The lowest BCUT2D eigenvalue weighted by molar-refractivity contribution is -0.113. The number of nitrogens with one attached hydrogen (secondary N) is 1. The van der Waals surface area contributed by atoms with Crippen LogP contribution in [0.3, 0.4) is 0 Å². The van der Waals surface area contributed by atoms with Gasteiger partial charge in [-0.25, -0.2) is 9.78 Å². The minimum absolute atomic E-state index is 0.112. The summed E-state index contributed by atoms with van der Waals surface area (Å²) in [6.45, 7) is 2.02. The van der Waals surface area contributed by atoms with E-state index in [1.54, 1.807) is 6.92 Å². The number of para-hydroxylation sites is 2. The van der Waals surface area contributed by atoms with E-state index in [1.807, 2.05) is 47.2 Å². The van der Waals surface area contributed by atoms with Crippen LogP contribution in [0.25, 0.3) is 21.5 Å². The molecule has 3 heterocycles. The van der Waals surface area contributed by atoms with E-state index < -0.39 is 5.97 Å². The van der Waals surface area contributed by atoms with Crippen LogP contribution in [-0.2, 0) is 9.53 Å². The van der Waals surface area contributed by atoms with Crippen molar-refractivity contribution in [2.45, 2.75) is 12.1 Å². The monoisotopic (exact) mass is 444 g/mol. The lowest BCUT2D eigenvalue weighted by Crippen LogP contribution is -2.16. The Bertz CT molecular complexity index is 1110. The van der Waals surface area contributed by atoms with E-state index in [0.29, 0.717) is 21.4 Å². The van der Waals surface area contributed by atoms with E-state index >= 15 is 0 Å². The highest BCUT2D eigenvalue weighted by molar-refractivity contribution is 7.99. The molecule has 0 radical (unpaired) electrons. The highest BCUT2D eigenvalue weighted by Gasteiger charge is 2.23. The van der Waals surface area contributed by atoms with E-state index in [-0.39, 0.29) is 18.3 Å². The molecule has 0 aliphatic rings. The highest BCUT2D eigenvalue weighted by Crippen LogP contribution is 2.38. The van der Waals surface area contributed by atoms with Crippen molar-refractivity contribution in [3.63, 3.8) is 0 Å². The number of benzene rings is 1. The summed E-state index contributed by atoms with van der Waals surface area (Å²) in [5, 5.41) is 7.54. The Kier molecular flexibility index (Phi) is 5.98. The molecule has 148 valence electrons. The zero-order valence-corrected chi connectivity index (χ0v) is 17.8. The number of hydrogen-bond donors (Lipinski definition) is 1. The molecule has 0 aliphatic carbocycles. The Morgan fingerprint density at radius 2 is 2.07 bits per heavy atom. The number of amides is 1. The summed E-state index contributed by atoms with van der Waals surface area (Å²) in [7, 11) is 0. The predicted octanol–water partition coefficient (Wildman–Crippen LogP) is 5.53. The van der Waals surface area contributed by atoms with Crippen LogP contribution >= 0.6 is 34.4 Å². The minimum Gasteiger partial charge on any atom is -0.462 e. The van der Waals surface area contributed by atoms with Crippen LogP contribution in [0.2, 0.25) is 0 Å². The fraction of sp³-hybridized carbons (Fsp3) is 0.150. The van der Waals surface area contributed by atoms with Gasteiger partial charge in [0.15, 0.2) is 5.58 Å². The molecule has 29 heavy (non-hydrogen) atoms. The molecule has 3 aromatic heterocycles. The van der Waals surface area contributed by atoms with Gasteiger partial charge in [-0.2, -0.15) is 0 Å². The Hall–Kier alpha value is -2.62. The number of anilines is 1. The van der Waals surface area contributed by atoms with E-state index in [2.05, 4.69) is 10.3 Å². The first-order chi connectivity index (χ1) is 14.2. The number of carbonyl (C=O) groups excluding carboxylic acids is 2. The molecule has 0 bridgehead atoms. The maximum atomic E-state index is 12.5. The third-order valence-electron chi connectivity index (χ3n) is 3.91. The van der Waals surface area contributed by atoms with Gasteiger partial charge in [-0.3, -0.25) is 4.79 Å². The first-order valence-corrected chi connectivity index (χ1v) is 11.5. The van der Waals surface area contributed by atoms with Crippen molar-refractivity contribution in [2.75, 3.05) is 17.7 Å². The predicted molar refractivity (Wildman–Crippen MR) is 117 cm³/mol. The first-order valence-electron chi connectivity index (χ1n) is 8.76. The van der Waals surface area contributed by atoms with Gasteiger partial charge in [-0.1, -0.05) is 30.0 Å². The van der Waals surface area contributed by atoms with Crippen molar-refractivity contribution in [1.82, 2.24) is 4.98 Å². The number of aromatic nitrogens is 1. The Balaban J connectivity index is 1.49. The largest absolute Gasteiger partial charge is 0.462 e. The summed E-state index contributed by atoms with van der Waals surface area (Å²) in [5.74, 6) is -0.581. The number of nitrogens with zero attached hydrogens (tertiary/aromatic N) is 1. The number of rotatable bonds is 7. The number of hydrogen-bond acceptors (Lipinski definition) is 8. The summed E-state index contributed by atoms with van der Waals surface area (Å²) in [6, 6.07) is 11.3. The molecule has 0 aliphatic heterocycles. The number of esters is 1. The molecule has 9 heteroatoms. The van der Waals surface area contributed by atoms with Crippen molar-refractivity contribution in [1.29, 1.82) is 0 Å². The molecule has 0 fully saturated rings. The maximum absolute atomic E-state index is 12.5. The second-order valence-corrected chi connectivity index (χ2v) is 8.59. The number of carbonyl (C=O) groups is 2. The number of thiophene rings is 2. The van der Waals surface area contributed by atoms with Crippen molar-refractivity contribution in [3.8, 4) is 10.4 Å². The van der Waals surface area contributed by atoms with Crippen molar-refractivity contribution in [2.24, 2.45) is 0 Å². The standard InChI is InChI=1S/C20H16N2O4S3/c1-2-25-19(24)17-12(15-8-5-9-27-15)10-28-18(17)22-16(23)11-29-20-21-13-6-3-4-7-14(13)26-20/h3-10H,2,11H2,1H3,(H,22,23). The summed E-state index contributed by atoms with van der Waals surface area (Å²) < 4.78 is 10.8. The van der Waals surface area contributed by atoms with Gasteiger partial charge in [0.2, 0.25) is 5.91 Å². The Morgan fingerprint density at radius 3 is 2.83 bits per heavy atom. The summed E-state index contributed by atoms with van der Waals surface area (Å²) >= 11 is 4.04. The zero-order valence-electron chi connectivity index (χ0n) is 15.3. The number of thioether (sulfide) groups is 1. The van der Waals surface area contributed by atoms with Crippen molar-refractivity contribution in [3.05, 3.63) is 52.7 Å². The van der Waals surface area contributed by atoms with Gasteiger partial charge < -0.3 is 14.5 Å². The van der Waals surface area contributed by atoms with E-state index in [0.717, 1.165) is 16.0 Å². The molecule has 4 aromatic rings. The lowest BCUT2D eigenvalue weighted by atomic mass is 10.1. The SMILES string of the molecule is CCOC(=O)c1c(-c2cccs2)csc1NC(=O)CSc1nc2ccccc2o1. The van der Waals surface area contributed by atoms with E-state index in [4.69, 9.17) is 9.15 Å². The fourth-order valence-corrected chi connectivity index (χ4v) is 5.10. The van der Waals surface area contributed by atoms with Gasteiger partial charge in [0.05, 0.1) is 12.4 Å². The van der Waals surface area contributed by atoms with Gasteiger partial charge in [-0.05, 0) is 30.5 Å². The highest BCUT2D eigenvalue weighted by atomic mass is 32.2. The quantitative estimate of drug-likeness (QED) is 0.298. The number of oxazole rings is 1. The Labute approximate surface area is 178 Å². The molecule has 0 spiro atoms. The van der Waals surface area contributed by atoms with Crippen molar-refractivity contribution < 1.29 is 18.7 Å². The minimum atomic E-state index is -0.445. The van der Waals surface area contributed by atoms with Gasteiger partial charge in [0.25, 0.3) is 5.22 Å². The lowest BCUT2D eigenvalue weighted by Gasteiger charge is -2.07. The van der Waals surface area contributed by atoms with Crippen LogP contribution in [0.15, 0.2) is 56.8 Å². The molecular formula is C20H16N2O4S3. The normalized spacial score (nSPS) is 10.9. The number of ether oxygens (including phenoxy) is 1. The third kappa shape index (κ3) is 4.36. The Morgan fingerprint density at radius 1 is 1.21 bits per heavy atom. The molecule has 6 nitrogen and oxygen atoms in total. The van der Waals surface area contributed by atoms with Crippen LogP contribution in [0.4, 0.5) is 5.00 Å². The van der Waals surface area contributed by atoms with Gasteiger partial charge in [0.1, 0.15) is 16.1 Å². The average molecular weight is 445 g/mol. The fourth-order valence-electron chi connectivity index (χ4n) is 2.67. The van der Waals surface area contributed by atoms with Crippen LogP contribution in [0.1, 0.15) is 17.3 Å². The third-order valence-corrected chi connectivity index (χ3v) is 6.54. The van der Waals surface area contributed by atoms with Crippen LogP contribution in [0.5, 0.6) is 0 Å². The first kappa shape index (κ1) is 19.7. The zero-order chi connectivity index (χ0) is 20.2. The van der Waals surface area contributed by atoms with Crippen LogP contribution in [0, 0.1) is 0 Å².